The molecule has 3 heteroatoms. The molecular weight excluding hydrogens is 128 g/mol. The molecule has 10 heavy (non-hydrogen) atoms. The molecule has 0 aromatic heterocycles. The summed E-state index contributed by atoms with van der Waals surface area (Å²) in [5.74, 6) is 0.197. The highest BCUT2D eigenvalue weighted by Gasteiger charge is 2.28. The molecule has 0 aliphatic carbocycles. The van der Waals surface area contributed by atoms with Crippen LogP contribution in [0.5, 0.6) is 0 Å². The molecule has 0 radical (unpaired) electrons. The first-order valence-electron chi connectivity index (χ1n) is 3.66. The van der Waals surface area contributed by atoms with E-state index in [-0.39, 0.29) is 11.9 Å². The Morgan fingerprint density at radius 2 is 2.30 bits per heavy atom. The van der Waals surface area contributed by atoms with Crippen molar-refractivity contribution >= 4 is 5.91 Å². The van der Waals surface area contributed by atoms with Crippen molar-refractivity contribution in [3.8, 4) is 0 Å². The molecule has 3 nitrogen and oxygen atoms in total. The lowest BCUT2D eigenvalue weighted by Gasteiger charge is -2.19. The fourth-order valence-electron chi connectivity index (χ4n) is 1.26. The first-order chi connectivity index (χ1) is 4.61. The molecule has 1 atom stereocenters. The normalized spacial score (nSPS) is 26.6. The minimum absolute atomic E-state index is 0.0647. The van der Waals surface area contributed by atoms with Crippen LogP contribution in [0.1, 0.15) is 20.3 Å². The van der Waals surface area contributed by atoms with Crippen molar-refractivity contribution in [2.24, 2.45) is 5.73 Å². The molecule has 1 aliphatic heterocycles. The van der Waals surface area contributed by atoms with Crippen LogP contribution in [0.3, 0.4) is 0 Å². The fourth-order valence-corrected chi connectivity index (χ4v) is 1.26. The fraction of sp³-hybridized carbons (Fsp3) is 0.857. The van der Waals surface area contributed by atoms with E-state index in [1.54, 1.807) is 0 Å². The largest absolute Gasteiger partial charge is 0.339 e. The predicted molar refractivity (Wildman–Crippen MR) is 39.4 cm³/mol. The van der Waals surface area contributed by atoms with Crippen LogP contribution in [0.25, 0.3) is 0 Å². The van der Waals surface area contributed by atoms with Gasteiger partial charge in [0, 0.05) is 25.0 Å². The number of hydrogen-bond acceptors (Lipinski definition) is 2. The lowest BCUT2D eigenvalue weighted by Crippen LogP contribution is -2.33. The third-order valence-corrected chi connectivity index (χ3v) is 1.81. The van der Waals surface area contributed by atoms with E-state index < -0.39 is 0 Å². The zero-order chi connectivity index (χ0) is 7.72. The van der Waals surface area contributed by atoms with Crippen LogP contribution < -0.4 is 5.73 Å². The number of nitrogens with two attached hydrogens (primary N) is 1. The Balaban J connectivity index is 2.55. The van der Waals surface area contributed by atoms with Gasteiger partial charge in [-0.05, 0) is 13.8 Å². The predicted octanol–water partition coefficient (Wildman–Crippen LogP) is -0.0456. The van der Waals surface area contributed by atoms with Gasteiger partial charge in [0.2, 0.25) is 5.91 Å². The summed E-state index contributed by atoms with van der Waals surface area (Å²) < 4.78 is 0. The van der Waals surface area contributed by atoms with Gasteiger partial charge in [0.1, 0.15) is 0 Å². The third-order valence-electron chi connectivity index (χ3n) is 1.81. The van der Waals surface area contributed by atoms with Gasteiger partial charge < -0.3 is 10.6 Å². The van der Waals surface area contributed by atoms with E-state index in [1.807, 2.05) is 18.7 Å². The summed E-state index contributed by atoms with van der Waals surface area (Å²) in [6.45, 7) is 4.75. The highest BCUT2D eigenvalue weighted by Crippen LogP contribution is 2.11. The summed E-state index contributed by atoms with van der Waals surface area (Å²) in [4.78, 5) is 12.9. The quantitative estimate of drug-likeness (QED) is 0.558. The van der Waals surface area contributed by atoms with Crippen molar-refractivity contribution < 1.29 is 4.79 Å². The highest BCUT2D eigenvalue weighted by atomic mass is 16.2. The van der Waals surface area contributed by atoms with E-state index in [4.69, 9.17) is 5.73 Å². The molecule has 1 amide bonds. The van der Waals surface area contributed by atoms with Crippen molar-refractivity contribution in [3.05, 3.63) is 0 Å². The Morgan fingerprint density at radius 1 is 1.70 bits per heavy atom. The molecule has 1 heterocycles. The molecule has 1 aliphatic rings. The lowest BCUT2D eigenvalue weighted by molar-refractivity contribution is -0.129. The van der Waals surface area contributed by atoms with E-state index >= 15 is 0 Å². The van der Waals surface area contributed by atoms with Crippen LogP contribution in [0, 0.1) is 0 Å². The van der Waals surface area contributed by atoms with E-state index in [1.165, 1.54) is 0 Å². The smallest absolute Gasteiger partial charge is 0.224 e. The minimum atomic E-state index is 0.0647. The van der Waals surface area contributed by atoms with E-state index in [2.05, 4.69) is 0 Å². The van der Waals surface area contributed by atoms with Crippen LogP contribution in [0.4, 0.5) is 0 Å². The van der Waals surface area contributed by atoms with E-state index in [0.717, 1.165) is 6.54 Å². The van der Waals surface area contributed by atoms with Gasteiger partial charge in [0.25, 0.3) is 0 Å². The molecule has 1 saturated heterocycles. The molecule has 0 aromatic rings. The summed E-state index contributed by atoms with van der Waals surface area (Å²) in [6.07, 6.45) is 0.526. The Kier molecular flexibility index (Phi) is 1.94. The second-order valence-electron chi connectivity index (χ2n) is 3.10. The average Bonchev–Trinajstić information content (AvgIpc) is 2.10. The maximum absolute atomic E-state index is 11.1. The van der Waals surface area contributed by atoms with Crippen LogP contribution in [-0.4, -0.2) is 29.4 Å². The average molecular weight is 142 g/mol. The molecule has 1 fully saturated rings. The SMILES string of the molecule is CC(C)N1C[C@@H](N)CC1=O. The minimum Gasteiger partial charge on any atom is -0.339 e. The molecule has 0 unspecified atom stereocenters. The van der Waals surface area contributed by atoms with Gasteiger partial charge in [-0.2, -0.15) is 0 Å². The van der Waals surface area contributed by atoms with Crippen molar-refractivity contribution in [1.29, 1.82) is 0 Å². The number of amides is 1. The standard InChI is InChI=1S/C7H14N2O/c1-5(2)9-4-6(8)3-7(9)10/h5-6H,3-4,8H2,1-2H3/t6-/m0/s1. The van der Waals surface area contributed by atoms with E-state index in [0.29, 0.717) is 12.5 Å². The topological polar surface area (TPSA) is 46.3 Å². The summed E-state index contributed by atoms with van der Waals surface area (Å²) in [5, 5.41) is 0. The van der Waals surface area contributed by atoms with Gasteiger partial charge in [-0.3, -0.25) is 4.79 Å². The zero-order valence-corrected chi connectivity index (χ0v) is 6.50. The van der Waals surface area contributed by atoms with Gasteiger partial charge in [0.15, 0.2) is 0 Å². The molecule has 2 N–H and O–H groups in total. The molecule has 0 spiro atoms. The second kappa shape index (κ2) is 2.58. The maximum atomic E-state index is 11.1. The van der Waals surface area contributed by atoms with Gasteiger partial charge >= 0.3 is 0 Å². The Bertz CT molecular complexity index is 145. The zero-order valence-electron chi connectivity index (χ0n) is 6.50. The van der Waals surface area contributed by atoms with Crippen LogP contribution in [0.15, 0.2) is 0 Å². The first kappa shape index (κ1) is 7.54. The van der Waals surface area contributed by atoms with Crippen LogP contribution >= 0.6 is 0 Å². The summed E-state index contributed by atoms with van der Waals surface area (Å²) in [6, 6.07) is 0.371. The number of rotatable bonds is 1. The van der Waals surface area contributed by atoms with Crippen molar-refractivity contribution in [2.45, 2.75) is 32.4 Å². The van der Waals surface area contributed by atoms with Crippen molar-refractivity contribution in [1.82, 2.24) is 4.90 Å². The molecule has 1 rings (SSSR count). The maximum Gasteiger partial charge on any atom is 0.224 e. The van der Waals surface area contributed by atoms with Crippen molar-refractivity contribution in [2.75, 3.05) is 6.54 Å². The Morgan fingerprint density at radius 3 is 2.50 bits per heavy atom. The summed E-state index contributed by atoms with van der Waals surface area (Å²) in [5.41, 5.74) is 5.59. The number of hydrogen-bond donors (Lipinski definition) is 1. The monoisotopic (exact) mass is 142 g/mol. The first-order valence-corrected chi connectivity index (χ1v) is 3.66. The van der Waals surface area contributed by atoms with Gasteiger partial charge in [-0.15, -0.1) is 0 Å². The summed E-state index contributed by atoms with van der Waals surface area (Å²) >= 11 is 0. The number of carbonyl (C=O) groups is 1. The number of carbonyl (C=O) groups excluding carboxylic acids is 1. The molecule has 0 bridgehead atoms. The Labute approximate surface area is 61.2 Å². The Hall–Kier alpha value is -0.570. The van der Waals surface area contributed by atoms with Gasteiger partial charge in [-0.1, -0.05) is 0 Å². The molecule has 0 aromatic carbocycles. The van der Waals surface area contributed by atoms with Gasteiger partial charge in [0.05, 0.1) is 0 Å². The summed E-state index contributed by atoms with van der Waals surface area (Å²) in [7, 11) is 0. The van der Waals surface area contributed by atoms with Gasteiger partial charge in [-0.25, -0.2) is 0 Å². The third kappa shape index (κ3) is 1.29. The van der Waals surface area contributed by atoms with Crippen LogP contribution in [-0.2, 0) is 4.79 Å². The highest BCUT2D eigenvalue weighted by molar-refractivity contribution is 5.79. The molecule has 0 saturated carbocycles. The van der Waals surface area contributed by atoms with E-state index in [9.17, 15) is 4.79 Å². The number of nitrogens with zero attached hydrogens (tertiary/aromatic N) is 1. The number of likely N-dealkylation sites (tertiary alicyclic amines) is 1. The molecular formula is C7H14N2O. The van der Waals surface area contributed by atoms with Crippen LogP contribution in [0.2, 0.25) is 0 Å². The van der Waals surface area contributed by atoms with Crippen molar-refractivity contribution in [3.63, 3.8) is 0 Å². The molecule has 58 valence electrons. The lowest BCUT2D eigenvalue weighted by atomic mass is 10.3. The second-order valence-corrected chi connectivity index (χ2v) is 3.10.